The van der Waals surface area contributed by atoms with E-state index < -0.39 is 11.7 Å². The third kappa shape index (κ3) is 4.84. The number of anilines is 3. The molecule has 7 nitrogen and oxygen atoms in total. The van der Waals surface area contributed by atoms with Crippen molar-refractivity contribution in [3.05, 3.63) is 42.7 Å². The molecule has 26 heavy (non-hydrogen) atoms. The van der Waals surface area contributed by atoms with Crippen LogP contribution >= 0.6 is 0 Å². The van der Waals surface area contributed by atoms with E-state index in [-0.39, 0.29) is 0 Å². The fourth-order valence-corrected chi connectivity index (χ4v) is 2.77. The molecule has 1 fully saturated rings. The van der Waals surface area contributed by atoms with Crippen molar-refractivity contribution in [2.45, 2.75) is 26.4 Å². The van der Waals surface area contributed by atoms with Crippen molar-refractivity contribution in [1.29, 1.82) is 0 Å². The monoisotopic (exact) mass is 355 g/mol. The summed E-state index contributed by atoms with van der Waals surface area (Å²) in [4.78, 5) is 25.2. The molecule has 3 rings (SSSR count). The highest BCUT2D eigenvalue weighted by Gasteiger charge is 2.19. The highest BCUT2D eigenvalue weighted by atomic mass is 16.6. The van der Waals surface area contributed by atoms with Crippen LogP contribution in [-0.4, -0.2) is 47.8 Å². The maximum absolute atomic E-state index is 11.8. The molecule has 1 N–H and O–H groups in total. The smallest absolute Gasteiger partial charge is 0.412 e. The van der Waals surface area contributed by atoms with Crippen molar-refractivity contribution in [1.82, 2.24) is 9.97 Å². The molecule has 0 bridgehead atoms. The van der Waals surface area contributed by atoms with Crippen LogP contribution < -0.4 is 15.1 Å². The van der Waals surface area contributed by atoms with Gasteiger partial charge in [-0.2, -0.15) is 0 Å². The summed E-state index contributed by atoms with van der Waals surface area (Å²) in [6, 6.07) is 9.73. The van der Waals surface area contributed by atoms with Crippen LogP contribution in [0.4, 0.5) is 22.1 Å². The quantitative estimate of drug-likeness (QED) is 0.912. The molecule has 7 heteroatoms. The highest BCUT2D eigenvalue weighted by molar-refractivity contribution is 5.84. The number of carbonyl (C=O) groups excluding carboxylic acids is 1. The van der Waals surface area contributed by atoms with Gasteiger partial charge in [0.2, 0.25) is 0 Å². The molecule has 138 valence electrons. The Morgan fingerprint density at radius 1 is 1.00 bits per heavy atom. The third-order valence-electron chi connectivity index (χ3n) is 3.97. The minimum atomic E-state index is -0.523. The lowest BCUT2D eigenvalue weighted by molar-refractivity contribution is 0.0636. The summed E-state index contributed by atoms with van der Waals surface area (Å²) in [7, 11) is 0. The van der Waals surface area contributed by atoms with Gasteiger partial charge in [0.05, 0.1) is 11.9 Å². The second kappa shape index (κ2) is 7.59. The van der Waals surface area contributed by atoms with Crippen LogP contribution in [0.3, 0.4) is 0 Å². The summed E-state index contributed by atoms with van der Waals surface area (Å²) in [5.41, 5.74) is 0.0974. The maximum Gasteiger partial charge on any atom is 0.412 e. The molecule has 1 aliphatic rings. The molecule has 0 radical (unpaired) electrons. The Labute approximate surface area is 154 Å². The lowest BCUT2D eigenvalue weighted by Gasteiger charge is -2.36. The van der Waals surface area contributed by atoms with E-state index in [9.17, 15) is 4.79 Å². The molecule has 3 heterocycles. The number of hydrogen-bond donors (Lipinski definition) is 1. The van der Waals surface area contributed by atoms with Crippen LogP contribution in [0, 0.1) is 0 Å². The summed E-state index contributed by atoms with van der Waals surface area (Å²) in [6.45, 7) is 9.05. The second-order valence-electron chi connectivity index (χ2n) is 7.19. The van der Waals surface area contributed by atoms with E-state index in [1.807, 2.05) is 57.3 Å². The average molecular weight is 355 g/mol. The molecule has 0 atom stereocenters. The van der Waals surface area contributed by atoms with Crippen LogP contribution in [-0.2, 0) is 4.74 Å². The average Bonchev–Trinajstić information content (AvgIpc) is 2.62. The molecular weight excluding hydrogens is 330 g/mol. The Morgan fingerprint density at radius 2 is 1.65 bits per heavy atom. The molecular formula is C19H25N5O2. The Hall–Kier alpha value is -2.83. The third-order valence-corrected chi connectivity index (χ3v) is 3.97. The van der Waals surface area contributed by atoms with Gasteiger partial charge in [0.25, 0.3) is 0 Å². The van der Waals surface area contributed by atoms with Gasteiger partial charge in [0.15, 0.2) is 0 Å². The summed E-state index contributed by atoms with van der Waals surface area (Å²) >= 11 is 0. The van der Waals surface area contributed by atoms with Crippen LogP contribution in [0.15, 0.2) is 42.7 Å². The highest BCUT2D eigenvalue weighted by Crippen LogP contribution is 2.19. The number of amides is 1. The molecule has 1 amide bonds. The largest absolute Gasteiger partial charge is 0.444 e. The molecule has 0 saturated carbocycles. The molecule has 1 saturated heterocycles. The molecule has 2 aromatic heterocycles. The number of ether oxygens (including phenoxy) is 1. The van der Waals surface area contributed by atoms with Crippen molar-refractivity contribution >= 4 is 23.4 Å². The van der Waals surface area contributed by atoms with Crippen LogP contribution in [0.2, 0.25) is 0 Å². The summed E-state index contributed by atoms with van der Waals surface area (Å²) < 4.78 is 5.24. The van der Waals surface area contributed by atoms with Gasteiger partial charge in [-0.1, -0.05) is 6.07 Å². The first-order valence-electron chi connectivity index (χ1n) is 8.78. The van der Waals surface area contributed by atoms with Gasteiger partial charge in [-0.05, 0) is 45.0 Å². The molecule has 0 spiro atoms. The molecule has 0 aliphatic carbocycles. The summed E-state index contributed by atoms with van der Waals surface area (Å²) in [6.07, 6.45) is 3.00. The van der Waals surface area contributed by atoms with Crippen molar-refractivity contribution in [2.75, 3.05) is 41.3 Å². The Kier molecular flexibility index (Phi) is 5.25. The number of nitrogens with zero attached hydrogens (tertiary/aromatic N) is 4. The van der Waals surface area contributed by atoms with Crippen molar-refractivity contribution in [3.8, 4) is 0 Å². The predicted molar refractivity (Wildman–Crippen MR) is 103 cm³/mol. The van der Waals surface area contributed by atoms with E-state index in [0.717, 1.165) is 37.8 Å². The standard InChI is InChI=1S/C19H25N5O2/c1-19(2,3)26-18(25)22-15-7-8-17(21-14-15)24-12-10-23(11-13-24)16-6-4-5-9-20-16/h4-9,14H,10-13H2,1-3H3,(H,22,25). The van der Waals surface area contributed by atoms with Gasteiger partial charge in [-0.25, -0.2) is 14.8 Å². The number of rotatable bonds is 3. The fourth-order valence-electron chi connectivity index (χ4n) is 2.77. The first-order valence-corrected chi connectivity index (χ1v) is 8.78. The van der Waals surface area contributed by atoms with Gasteiger partial charge in [-0.15, -0.1) is 0 Å². The minimum Gasteiger partial charge on any atom is -0.444 e. The lowest BCUT2D eigenvalue weighted by atomic mass is 10.2. The van der Waals surface area contributed by atoms with Crippen LogP contribution in [0.1, 0.15) is 20.8 Å². The fraction of sp³-hybridized carbons (Fsp3) is 0.421. The normalized spacial score (nSPS) is 14.9. The predicted octanol–water partition coefficient (Wildman–Crippen LogP) is 3.15. The number of carbonyl (C=O) groups is 1. The van der Waals surface area contributed by atoms with E-state index >= 15 is 0 Å². The molecule has 0 aromatic carbocycles. The van der Waals surface area contributed by atoms with Gasteiger partial charge >= 0.3 is 6.09 Å². The van der Waals surface area contributed by atoms with Gasteiger partial charge in [-0.3, -0.25) is 5.32 Å². The van der Waals surface area contributed by atoms with E-state index in [2.05, 4.69) is 25.1 Å². The molecule has 1 aliphatic heterocycles. The van der Waals surface area contributed by atoms with E-state index in [4.69, 9.17) is 4.74 Å². The maximum atomic E-state index is 11.8. The zero-order valence-electron chi connectivity index (χ0n) is 15.5. The molecule has 2 aromatic rings. The summed E-state index contributed by atoms with van der Waals surface area (Å²) in [5, 5.41) is 2.70. The van der Waals surface area contributed by atoms with Crippen LogP contribution in [0.25, 0.3) is 0 Å². The second-order valence-corrected chi connectivity index (χ2v) is 7.19. The Morgan fingerprint density at radius 3 is 2.15 bits per heavy atom. The minimum absolute atomic E-state index is 0.476. The van der Waals surface area contributed by atoms with Gasteiger partial charge in [0.1, 0.15) is 17.2 Å². The van der Waals surface area contributed by atoms with Gasteiger partial charge < -0.3 is 14.5 Å². The van der Waals surface area contributed by atoms with E-state index in [1.165, 1.54) is 0 Å². The SMILES string of the molecule is CC(C)(C)OC(=O)Nc1ccc(N2CCN(c3ccccn3)CC2)nc1. The Bertz CT molecular complexity index is 720. The zero-order chi connectivity index (χ0) is 18.6. The zero-order valence-corrected chi connectivity index (χ0v) is 15.5. The van der Waals surface area contributed by atoms with E-state index in [0.29, 0.717) is 5.69 Å². The lowest BCUT2D eigenvalue weighted by Crippen LogP contribution is -2.47. The number of pyridine rings is 2. The number of piperazine rings is 1. The first kappa shape index (κ1) is 18.0. The number of nitrogens with one attached hydrogen (secondary N) is 1. The first-order chi connectivity index (χ1) is 12.4. The van der Waals surface area contributed by atoms with Gasteiger partial charge in [0, 0.05) is 32.4 Å². The number of aromatic nitrogens is 2. The Balaban J connectivity index is 1.54. The van der Waals surface area contributed by atoms with Crippen molar-refractivity contribution < 1.29 is 9.53 Å². The number of hydrogen-bond acceptors (Lipinski definition) is 6. The van der Waals surface area contributed by atoms with Crippen molar-refractivity contribution in [3.63, 3.8) is 0 Å². The summed E-state index contributed by atoms with van der Waals surface area (Å²) in [5.74, 6) is 1.91. The molecule has 0 unspecified atom stereocenters. The van der Waals surface area contributed by atoms with E-state index in [1.54, 1.807) is 6.20 Å². The van der Waals surface area contributed by atoms with Crippen molar-refractivity contribution in [2.24, 2.45) is 0 Å². The topological polar surface area (TPSA) is 70.6 Å². The van der Waals surface area contributed by atoms with Crippen LogP contribution in [0.5, 0.6) is 0 Å².